The minimum absolute atomic E-state index is 0.0748. The molecule has 0 aliphatic carbocycles. The summed E-state index contributed by atoms with van der Waals surface area (Å²) in [6, 6.07) is 13.7. The van der Waals surface area contributed by atoms with Crippen LogP contribution >= 0.6 is 0 Å². The maximum Gasteiger partial charge on any atom is 0.0793 e. The number of aromatic nitrogens is 2. The molecular weight excluding hydrogens is 446 g/mol. The van der Waals surface area contributed by atoms with Crippen LogP contribution in [0, 0.1) is 13.8 Å². The van der Waals surface area contributed by atoms with Crippen LogP contribution in [0.15, 0.2) is 36.4 Å². The first-order valence-corrected chi connectivity index (χ1v) is 13.5. The molecule has 3 aromatic rings. The van der Waals surface area contributed by atoms with Crippen LogP contribution in [-0.2, 0) is 41.8 Å². The lowest BCUT2D eigenvalue weighted by atomic mass is 9.93. The lowest BCUT2D eigenvalue weighted by Crippen LogP contribution is -2.43. The van der Waals surface area contributed by atoms with Crippen molar-refractivity contribution < 1.29 is 9.47 Å². The van der Waals surface area contributed by atoms with Gasteiger partial charge in [0.1, 0.15) is 0 Å². The predicted molar refractivity (Wildman–Crippen MR) is 147 cm³/mol. The number of hydrogen-bond donors (Lipinski definition) is 0. The number of nitrogens with zero attached hydrogens (tertiary/aromatic N) is 3. The molecule has 5 nitrogen and oxygen atoms in total. The molecule has 0 radical (unpaired) electrons. The summed E-state index contributed by atoms with van der Waals surface area (Å²) in [5, 5.41) is 5.21. The number of rotatable bonds is 10. The van der Waals surface area contributed by atoms with E-state index in [4.69, 9.17) is 14.6 Å². The zero-order valence-electron chi connectivity index (χ0n) is 23.2. The number of hydrogen-bond acceptors (Lipinski definition) is 4. The number of benzene rings is 2. The van der Waals surface area contributed by atoms with Crippen molar-refractivity contribution in [3.63, 3.8) is 0 Å². The van der Waals surface area contributed by atoms with E-state index in [0.29, 0.717) is 6.04 Å². The van der Waals surface area contributed by atoms with E-state index in [1.807, 2.05) is 0 Å². The second kappa shape index (κ2) is 11.7. The van der Waals surface area contributed by atoms with Crippen LogP contribution in [0.3, 0.4) is 0 Å². The lowest BCUT2D eigenvalue weighted by Gasteiger charge is -2.37. The molecule has 1 aromatic heterocycles. The zero-order chi connectivity index (χ0) is 25.8. The van der Waals surface area contributed by atoms with E-state index in [2.05, 4.69) is 87.5 Å². The average molecular weight is 490 g/mol. The number of methoxy groups -OCH3 is 1. The summed E-state index contributed by atoms with van der Waals surface area (Å²) in [6.07, 6.45) is 2.97. The van der Waals surface area contributed by atoms with Crippen molar-refractivity contribution in [1.29, 1.82) is 0 Å². The average Bonchev–Trinajstić information content (AvgIpc) is 3.23. The molecule has 0 fully saturated rings. The zero-order valence-corrected chi connectivity index (χ0v) is 23.2. The van der Waals surface area contributed by atoms with Crippen LogP contribution in [0.4, 0.5) is 0 Å². The van der Waals surface area contributed by atoms with Crippen molar-refractivity contribution in [2.24, 2.45) is 0 Å². The van der Waals surface area contributed by atoms with Gasteiger partial charge < -0.3 is 9.47 Å². The Bertz CT molecular complexity index is 1160. The highest BCUT2D eigenvalue weighted by molar-refractivity contribution is 5.51. The van der Waals surface area contributed by atoms with E-state index in [-0.39, 0.29) is 6.10 Å². The molecule has 194 valence electrons. The highest BCUT2D eigenvalue weighted by Gasteiger charge is 2.29. The lowest BCUT2D eigenvalue weighted by molar-refractivity contribution is 0.0511. The molecule has 0 saturated carbocycles. The molecule has 0 N–H and O–H groups in total. The Kier molecular flexibility index (Phi) is 8.66. The van der Waals surface area contributed by atoms with Gasteiger partial charge in [-0.05, 0) is 74.8 Å². The fourth-order valence-electron chi connectivity index (χ4n) is 5.69. The Balaban J connectivity index is 1.74. The quantitative estimate of drug-likeness (QED) is 0.336. The fraction of sp³-hybridized carbons (Fsp3) is 0.516. The predicted octanol–water partition coefficient (Wildman–Crippen LogP) is 6.28. The van der Waals surface area contributed by atoms with Gasteiger partial charge in [0.25, 0.3) is 0 Å². The second-order valence-electron chi connectivity index (χ2n) is 10.1. The van der Waals surface area contributed by atoms with Gasteiger partial charge in [0.15, 0.2) is 0 Å². The van der Waals surface area contributed by atoms with Gasteiger partial charge >= 0.3 is 0 Å². The molecule has 2 atom stereocenters. The molecule has 5 heteroatoms. The summed E-state index contributed by atoms with van der Waals surface area (Å²) in [6.45, 7) is 16.4. The Morgan fingerprint density at radius 1 is 1.03 bits per heavy atom. The minimum Gasteiger partial charge on any atom is -0.380 e. The van der Waals surface area contributed by atoms with Crippen LogP contribution in [0.25, 0.3) is 5.69 Å². The topological polar surface area (TPSA) is 39.5 Å². The smallest absolute Gasteiger partial charge is 0.0793 e. The molecule has 36 heavy (non-hydrogen) atoms. The third kappa shape index (κ3) is 5.29. The molecule has 0 bridgehead atoms. The van der Waals surface area contributed by atoms with Gasteiger partial charge in [-0.3, -0.25) is 4.90 Å². The van der Waals surface area contributed by atoms with E-state index in [0.717, 1.165) is 45.6 Å². The largest absolute Gasteiger partial charge is 0.380 e. The van der Waals surface area contributed by atoms with Crippen molar-refractivity contribution in [2.75, 3.05) is 20.3 Å². The minimum atomic E-state index is 0.0748. The molecule has 0 saturated heterocycles. The monoisotopic (exact) mass is 489 g/mol. The Hall–Kier alpha value is -2.47. The van der Waals surface area contributed by atoms with Crippen LogP contribution in [0.1, 0.15) is 78.6 Å². The SMILES string of the molecule is CCOCC1Cc2ccccc2CN1Cc1c(CC)nn(-c2c(C)cc(C(C)OC)cc2C)c1CC. The summed E-state index contributed by atoms with van der Waals surface area (Å²) in [5.74, 6) is 0. The third-order valence-corrected chi connectivity index (χ3v) is 7.73. The van der Waals surface area contributed by atoms with E-state index < -0.39 is 0 Å². The van der Waals surface area contributed by atoms with Gasteiger partial charge in [0.2, 0.25) is 0 Å². The van der Waals surface area contributed by atoms with E-state index >= 15 is 0 Å². The summed E-state index contributed by atoms with van der Waals surface area (Å²) < 4.78 is 13.8. The molecule has 2 unspecified atom stereocenters. The van der Waals surface area contributed by atoms with Gasteiger partial charge in [0, 0.05) is 44.1 Å². The normalized spacial score (nSPS) is 16.8. The maximum atomic E-state index is 5.94. The first kappa shape index (κ1) is 26.6. The van der Waals surface area contributed by atoms with Gasteiger partial charge in [-0.15, -0.1) is 0 Å². The van der Waals surface area contributed by atoms with Crippen LogP contribution in [-0.4, -0.2) is 41.0 Å². The first-order chi connectivity index (χ1) is 17.4. The molecule has 0 amide bonds. The molecule has 0 spiro atoms. The van der Waals surface area contributed by atoms with E-state index in [1.165, 1.54) is 50.5 Å². The van der Waals surface area contributed by atoms with Crippen molar-refractivity contribution in [3.8, 4) is 5.69 Å². The van der Waals surface area contributed by atoms with Crippen molar-refractivity contribution in [1.82, 2.24) is 14.7 Å². The number of aryl methyl sites for hydroxylation is 3. The van der Waals surface area contributed by atoms with Crippen molar-refractivity contribution in [2.45, 2.75) is 86.0 Å². The summed E-state index contributed by atoms with van der Waals surface area (Å²) in [4.78, 5) is 2.61. The summed E-state index contributed by atoms with van der Waals surface area (Å²) >= 11 is 0. The molecule has 2 aromatic carbocycles. The van der Waals surface area contributed by atoms with Crippen LogP contribution in [0.5, 0.6) is 0 Å². The van der Waals surface area contributed by atoms with Gasteiger partial charge in [-0.1, -0.05) is 50.2 Å². The van der Waals surface area contributed by atoms with Gasteiger partial charge in [0.05, 0.1) is 24.1 Å². The molecule has 4 rings (SSSR count). The second-order valence-corrected chi connectivity index (χ2v) is 10.1. The Morgan fingerprint density at radius 2 is 1.72 bits per heavy atom. The standard InChI is InChI=1S/C31H43N3O2/c1-8-29-28(19-33-18-25-14-12-11-13-24(25)17-27(33)20-36-10-3)30(9-2)34(32-29)31-21(4)15-26(16-22(31)5)23(6)35-7/h11-16,23,27H,8-10,17-20H2,1-7H3. The maximum absolute atomic E-state index is 5.94. The summed E-state index contributed by atoms with van der Waals surface area (Å²) in [7, 11) is 1.77. The van der Waals surface area contributed by atoms with E-state index in [1.54, 1.807) is 7.11 Å². The first-order valence-electron chi connectivity index (χ1n) is 13.5. The van der Waals surface area contributed by atoms with Crippen molar-refractivity contribution >= 4 is 0 Å². The third-order valence-electron chi connectivity index (χ3n) is 7.73. The molecule has 2 heterocycles. The fourth-order valence-corrected chi connectivity index (χ4v) is 5.69. The number of fused-ring (bicyclic) bond motifs is 1. The Labute approximate surface area is 217 Å². The molecular formula is C31H43N3O2. The molecule has 1 aliphatic rings. The van der Waals surface area contributed by atoms with E-state index in [9.17, 15) is 0 Å². The van der Waals surface area contributed by atoms with Gasteiger partial charge in [-0.2, -0.15) is 5.10 Å². The highest BCUT2D eigenvalue weighted by atomic mass is 16.5. The van der Waals surface area contributed by atoms with Crippen LogP contribution in [0.2, 0.25) is 0 Å². The Morgan fingerprint density at radius 3 is 2.33 bits per heavy atom. The van der Waals surface area contributed by atoms with Crippen molar-refractivity contribution in [3.05, 3.63) is 81.2 Å². The van der Waals surface area contributed by atoms with Gasteiger partial charge in [-0.25, -0.2) is 4.68 Å². The highest BCUT2D eigenvalue weighted by Crippen LogP contribution is 2.31. The summed E-state index contributed by atoms with van der Waals surface area (Å²) in [5.41, 5.74) is 11.7. The number of ether oxygens (including phenoxy) is 2. The molecule has 1 aliphatic heterocycles. The van der Waals surface area contributed by atoms with Crippen LogP contribution < -0.4 is 0 Å².